The molecule has 1 heterocycles. The summed E-state index contributed by atoms with van der Waals surface area (Å²) in [5.41, 5.74) is 1.52. The fourth-order valence-corrected chi connectivity index (χ4v) is 2.33. The Labute approximate surface area is 132 Å². The van der Waals surface area contributed by atoms with E-state index in [1.54, 1.807) is 18.2 Å². The van der Waals surface area contributed by atoms with Crippen molar-refractivity contribution in [2.24, 2.45) is 0 Å². The van der Waals surface area contributed by atoms with Crippen LogP contribution in [0, 0.1) is 11.6 Å². The van der Waals surface area contributed by atoms with Crippen LogP contribution in [0.15, 0.2) is 42.7 Å². The molecule has 0 amide bonds. The van der Waals surface area contributed by atoms with Gasteiger partial charge in [0.05, 0.1) is 12.6 Å². The Morgan fingerprint density at radius 1 is 1.09 bits per heavy atom. The first-order chi connectivity index (χ1) is 11.2. The van der Waals surface area contributed by atoms with Crippen LogP contribution in [0.1, 0.15) is 5.56 Å². The van der Waals surface area contributed by atoms with Gasteiger partial charge < -0.3 is 10.1 Å². The van der Waals surface area contributed by atoms with E-state index in [-0.39, 0.29) is 11.6 Å². The van der Waals surface area contributed by atoms with Gasteiger partial charge in [0.1, 0.15) is 18.0 Å². The number of anilines is 1. The van der Waals surface area contributed by atoms with Gasteiger partial charge in [-0.05, 0) is 30.2 Å². The van der Waals surface area contributed by atoms with Gasteiger partial charge in [-0.1, -0.05) is 12.1 Å². The molecule has 0 fully saturated rings. The maximum atomic E-state index is 13.7. The lowest BCUT2D eigenvalue weighted by atomic mass is 10.1. The highest BCUT2D eigenvalue weighted by Crippen LogP contribution is 2.27. The van der Waals surface area contributed by atoms with Gasteiger partial charge in [-0.3, -0.25) is 0 Å². The van der Waals surface area contributed by atoms with Crippen molar-refractivity contribution in [2.75, 3.05) is 19.0 Å². The van der Waals surface area contributed by atoms with E-state index in [9.17, 15) is 8.78 Å². The number of halogens is 2. The number of methoxy groups -OCH3 is 1. The van der Waals surface area contributed by atoms with Crippen LogP contribution in [0.5, 0.6) is 5.75 Å². The van der Waals surface area contributed by atoms with Gasteiger partial charge in [-0.15, -0.1) is 0 Å². The van der Waals surface area contributed by atoms with E-state index >= 15 is 0 Å². The quantitative estimate of drug-likeness (QED) is 0.782. The number of ether oxygens (including phenoxy) is 1. The average Bonchev–Trinajstić information content (AvgIpc) is 2.56. The molecule has 0 aliphatic carbocycles. The van der Waals surface area contributed by atoms with E-state index in [1.807, 2.05) is 0 Å². The highest BCUT2D eigenvalue weighted by atomic mass is 19.1. The van der Waals surface area contributed by atoms with Crippen LogP contribution in [0.2, 0.25) is 0 Å². The lowest BCUT2D eigenvalue weighted by Gasteiger charge is -2.10. The number of hydrogen-bond donors (Lipinski definition) is 1. The van der Waals surface area contributed by atoms with Crippen LogP contribution in [-0.2, 0) is 6.42 Å². The molecule has 1 N–H and O–H groups in total. The number of rotatable bonds is 5. The second kappa shape index (κ2) is 6.56. The molecular weight excluding hydrogens is 300 g/mol. The van der Waals surface area contributed by atoms with E-state index in [4.69, 9.17) is 4.74 Å². The molecule has 118 valence electrons. The number of fused-ring (bicyclic) bond motifs is 1. The normalized spacial score (nSPS) is 10.7. The number of nitrogens with zero attached hydrogens (tertiary/aromatic N) is 2. The van der Waals surface area contributed by atoms with E-state index in [2.05, 4.69) is 15.3 Å². The molecule has 23 heavy (non-hydrogen) atoms. The van der Waals surface area contributed by atoms with E-state index in [0.717, 1.165) is 5.56 Å². The molecule has 0 saturated carbocycles. The van der Waals surface area contributed by atoms with Gasteiger partial charge >= 0.3 is 0 Å². The zero-order valence-electron chi connectivity index (χ0n) is 12.5. The summed E-state index contributed by atoms with van der Waals surface area (Å²) in [6.07, 6.45) is 2.10. The second-order valence-electron chi connectivity index (χ2n) is 5.03. The summed E-state index contributed by atoms with van der Waals surface area (Å²) >= 11 is 0. The van der Waals surface area contributed by atoms with Crippen molar-refractivity contribution >= 4 is 16.7 Å². The highest BCUT2D eigenvalue weighted by Gasteiger charge is 2.09. The minimum atomic E-state index is -0.462. The monoisotopic (exact) mass is 315 g/mol. The van der Waals surface area contributed by atoms with Crippen LogP contribution >= 0.6 is 0 Å². The molecule has 0 aliphatic rings. The Morgan fingerprint density at radius 3 is 2.61 bits per heavy atom. The molecule has 0 atom stereocenters. The first-order valence-corrected chi connectivity index (χ1v) is 7.14. The Kier molecular flexibility index (Phi) is 4.32. The summed E-state index contributed by atoms with van der Waals surface area (Å²) < 4.78 is 31.6. The van der Waals surface area contributed by atoms with Crippen molar-refractivity contribution < 1.29 is 13.5 Å². The Morgan fingerprint density at radius 2 is 1.87 bits per heavy atom. The van der Waals surface area contributed by atoms with E-state index in [1.165, 1.54) is 31.6 Å². The Balaban J connectivity index is 1.78. The lowest BCUT2D eigenvalue weighted by Crippen LogP contribution is -2.07. The zero-order valence-corrected chi connectivity index (χ0v) is 12.5. The molecule has 6 heteroatoms. The second-order valence-corrected chi connectivity index (χ2v) is 5.03. The molecular formula is C17H15F2N3O. The largest absolute Gasteiger partial charge is 0.494 e. The minimum absolute atomic E-state index is 0.147. The molecule has 0 bridgehead atoms. The number of aromatic nitrogens is 2. The van der Waals surface area contributed by atoms with Gasteiger partial charge in [0.15, 0.2) is 11.6 Å². The van der Waals surface area contributed by atoms with Crippen LogP contribution in [0.4, 0.5) is 14.6 Å². The van der Waals surface area contributed by atoms with Gasteiger partial charge in [-0.25, -0.2) is 18.7 Å². The third kappa shape index (κ3) is 3.36. The standard InChI is InChI=1S/C17H15F2N3O/c1-23-16-8-13-15(9-14(16)19)21-10-22-17(13)20-7-6-11-2-4-12(18)5-3-11/h2-5,8-10H,6-7H2,1H3,(H,20,21,22). The van der Waals surface area contributed by atoms with Gasteiger partial charge in [-0.2, -0.15) is 0 Å². The molecule has 1 aromatic heterocycles. The van der Waals surface area contributed by atoms with Gasteiger partial charge in [0.2, 0.25) is 0 Å². The van der Waals surface area contributed by atoms with Gasteiger partial charge in [0, 0.05) is 18.0 Å². The number of benzene rings is 2. The summed E-state index contributed by atoms with van der Waals surface area (Å²) in [6, 6.07) is 9.25. The lowest BCUT2D eigenvalue weighted by molar-refractivity contribution is 0.387. The summed E-state index contributed by atoms with van der Waals surface area (Å²) in [4.78, 5) is 8.26. The van der Waals surface area contributed by atoms with Crippen molar-refractivity contribution in [3.8, 4) is 5.75 Å². The van der Waals surface area contributed by atoms with Gasteiger partial charge in [0.25, 0.3) is 0 Å². The highest BCUT2D eigenvalue weighted by molar-refractivity contribution is 5.90. The molecule has 0 aliphatic heterocycles. The molecule has 0 spiro atoms. The summed E-state index contributed by atoms with van der Waals surface area (Å²) in [7, 11) is 1.41. The predicted octanol–water partition coefficient (Wildman–Crippen LogP) is 3.57. The average molecular weight is 315 g/mol. The van der Waals surface area contributed by atoms with Crippen LogP contribution < -0.4 is 10.1 Å². The maximum Gasteiger partial charge on any atom is 0.167 e. The van der Waals surface area contributed by atoms with Crippen LogP contribution in [0.3, 0.4) is 0 Å². The molecule has 4 nitrogen and oxygen atoms in total. The van der Waals surface area contributed by atoms with Crippen LogP contribution in [-0.4, -0.2) is 23.6 Å². The maximum absolute atomic E-state index is 13.7. The molecule has 3 rings (SSSR count). The smallest absolute Gasteiger partial charge is 0.167 e. The van der Waals surface area contributed by atoms with E-state index < -0.39 is 5.82 Å². The van der Waals surface area contributed by atoms with Crippen molar-refractivity contribution in [2.45, 2.75) is 6.42 Å². The number of hydrogen-bond acceptors (Lipinski definition) is 4. The first kappa shape index (κ1) is 15.1. The molecule has 0 unspecified atom stereocenters. The minimum Gasteiger partial charge on any atom is -0.494 e. The van der Waals surface area contributed by atoms with Crippen molar-refractivity contribution in [3.05, 3.63) is 59.9 Å². The zero-order chi connectivity index (χ0) is 16.2. The molecule has 0 saturated heterocycles. The topological polar surface area (TPSA) is 47.0 Å². The van der Waals surface area contributed by atoms with Crippen molar-refractivity contribution in [3.63, 3.8) is 0 Å². The fraction of sp³-hybridized carbons (Fsp3) is 0.176. The third-order valence-corrected chi connectivity index (χ3v) is 3.53. The SMILES string of the molecule is COc1cc2c(NCCc3ccc(F)cc3)ncnc2cc1F. The third-order valence-electron chi connectivity index (χ3n) is 3.53. The fourth-order valence-electron chi connectivity index (χ4n) is 2.33. The summed E-state index contributed by atoms with van der Waals surface area (Å²) in [5.74, 6) is 0.0397. The molecule has 3 aromatic rings. The molecule has 2 aromatic carbocycles. The van der Waals surface area contributed by atoms with Crippen molar-refractivity contribution in [1.82, 2.24) is 9.97 Å². The predicted molar refractivity (Wildman–Crippen MR) is 84.6 cm³/mol. The van der Waals surface area contributed by atoms with Crippen LogP contribution in [0.25, 0.3) is 10.9 Å². The first-order valence-electron chi connectivity index (χ1n) is 7.14. The Hall–Kier alpha value is -2.76. The summed E-state index contributed by atoms with van der Waals surface area (Å²) in [5, 5.41) is 3.88. The summed E-state index contributed by atoms with van der Waals surface area (Å²) in [6.45, 7) is 0.609. The molecule has 0 radical (unpaired) electrons. The Bertz CT molecular complexity index is 822. The van der Waals surface area contributed by atoms with Crippen molar-refractivity contribution in [1.29, 1.82) is 0 Å². The number of nitrogens with one attached hydrogen (secondary N) is 1. The van der Waals surface area contributed by atoms with E-state index in [0.29, 0.717) is 29.7 Å².